The summed E-state index contributed by atoms with van der Waals surface area (Å²) in [6.45, 7) is 0. The molecule has 1 amide bonds. The Kier molecular flexibility index (Phi) is 2.93. The van der Waals surface area contributed by atoms with E-state index in [1.165, 1.54) is 12.4 Å². The molecule has 5 nitrogen and oxygen atoms in total. The number of aliphatic carboxylic acids is 1. The van der Waals surface area contributed by atoms with Crippen LogP contribution in [-0.4, -0.2) is 39.0 Å². The minimum absolute atomic E-state index is 0.0304. The lowest BCUT2D eigenvalue weighted by Gasteiger charge is -2.23. The predicted molar refractivity (Wildman–Crippen MR) is 68.0 cm³/mol. The average Bonchev–Trinajstić information content (AvgIpc) is 2.96. The standard InChI is InChI=1S/C13H13ClN2O3/c14-10-6-15-4-3-8(10)12(17)16-7-1-2-11(16)9(5-7)13(18)19/h3-4,6-7,9,11H,1-2,5H2,(H,18,19). The van der Waals surface area contributed by atoms with E-state index >= 15 is 0 Å². The van der Waals surface area contributed by atoms with Gasteiger partial charge in [0, 0.05) is 24.5 Å². The molecule has 1 aromatic rings. The lowest BCUT2D eigenvalue weighted by Crippen LogP contribution is -2.38. The highest BCUT2D eigenvalue weighted by Crippen LogP contribution is 2.42. The molecule has 2 aliphatic heterocycles. The van der Waals surface area contributed by atoms with Gasteiger partial charge in [0.05, 0.1) is 16.5 Å². The van der Waals surface area contributed by atoms with E-state index in [1.807, 2.05) is 0 Å². The molecule has 3 rings (SSSR count). The van der Waals surface area contributed by atoms with Crippen LogP contribution >= 0.6 is 11.6 Å². The van der Waals surface area contributed by atoms with Crippen LogP contribution in [0.5, 0.6) is 0 Å². The largest absolute Gasteiger partial charge is 0.481 e. The molecule has 3 atom stereocenters. The molecule has 6 heteroatoms. The van der Waals surface area contributed by atoms with Crippen LogP contribution in [0.15, 0.2) is 18.5 Å². The number of carbonyl (C=O) groups excluding carboxylic acids is 1. The summed E-state index contributed by atoms with van der Waals surface area (Å²) in [6, 6.07) is 1.42. The number of carbonyl (C=O) groups is 2. The normalized spacial score (nSPS) is 28.7. The number of hydrogen-bond acceptors (Lipinski definition) is 3. The van der Waals surface area contributed by atoms with Crippen molar-refractivity contribution in [2.24, 2.45) is 5.92 Å². The van der Waals surface area contributed by atoms with Crippen molar-refractivity contribution in [3.8, 4) is 0 Å². The van der Waals surface area contributed by atoms with Gasteiger partial charge in [0.15, 0.2) is 0 Å². The quantitative estimate of drug-likeness (QED) is 0.897. The SMILES string of the molecule is O=C(O)C1CC2CCC1N2C(=O)c1ccncc1Cl. The molecule has 3 heterocycles. The van der Waals surface area contributed by atoms with Gasteiger partial charge in [0.2, 0.25) is 0 Å². The topological polar surface area (TPSA) is 70.5 Å². The second-order valence-corrected chi connectivity index (χ2v) is 5.45. The summed E-state index contributed by atoms with van der Waals surface area (Å²) in [4.78, 5) is 29.3. The molecule has 2 fully saturated rings. The van der Waals surface area contributed by atoms with Gasteiger partial charge in [-0.05, 0) is 25.3 Å². The Bertz CT molecular complexity index is 548. The van der Waals surface area contributed by atoms with Crippen molar-refractivity contribution >= 4 is 23.5 Å². The van der Waals surface area contributed by atoms with Crippen LogP contribution in [0.3, 0.4) is 0 Å². The second kappa shape index (κ2) is 4.49. The molecule has 0 aromatic carbocycles. The molecule has 0 aliphatic carbocycles. The zero-order chi connectivity index (χ0) is 13.6. The highest BCUT2D eigenvalue weighted by Gasteiger charge is 2.51. The molecular formula is C13H13ClN2O3. The molecular weight excluding hydrogens is 268 g/mol. The lowest BCUT2D eigenvalue weighted by molar-refractivity contribution is -0.142. The van der Waals surface area contributed by atoms with E-state index < -0.39 is 11.9 Å². The number of nitrogens with zero attached hydrogens (tertiary/aromatic N) is 2. The summed E-state index contributed by atoms with van der Waals surface area (Å²) in [5.74, 6) is -1.43. The number of hydrogen-bond donors (Lipinski definition) is 1. The first-order valence-corrected chi connectivity index (χ1v) is 6.62. The number of carboxylic acid groups (broad SMARTS) is 1. The zero-order valence-corrected chi connectivity index (χ0v) is 10.9. The third-order valence-corrected chi connectivity index (χ3v) is 4.39. The molecule has 1 N–H and O–H groups in total. The Labute approximate surface area is 115 Å². The summed E-state index contributed by atoms with van der Waals surface area (Å²) in [7, 11) is 0. The third kappa shape index (κ3) is 1.89. The summed E-state index contributed by atoms with van der Waals surface area (Å²) in [5, 5.41) is 9.50. The molecule has 2 bridgehead atoms. The molecule has 2 saturated heterocycles. The number of rotatable bonds is 2. The molecule has 19 heavy (non-hydrogen) atoms. The van der Waals surface area contributed by atoms with E-state index in [9.17, 15) is 14.7 Å². The van der Waals surface area contributed by atoms with E-state index in [1.54, 1.807) is 11.0 Å². The number of pyridine rings is 1. The smallest absolute Gasteiger partial charge is 0.308 e. The highest BCUT2D eigenvalue weighted by atomic mass is 35.5. The van der Waals surface area contributed by atoms with Crippen molar-refractivity contribution in [3.63, 3.8) is 0 Å². The maximum Gasteiger partial charge on any atom is 0.308 e. The molecule has 3 unspecified atom stereocenters. The number of aromatic nitrogens is 1. The van der Waals surface area contributed by atoms with Crippen LogP contribution in [0.1, 0.15) is 29.6 Å². The number of carboxylic acids is 1. The Morgan fingerprint density at radius 2 is 2.21 bits per heavy atom. The number of fused-ring (bicyclic) bond motifs is 2. The summed E-state index contributed by atoms with van der Waals surface area (Å²) in [5.41, 5.74) is 0.402. The van der Waals surface area contributed by atoms with E-state index in [-0.39, 0.29) is 18.0 Å². The van der Waals surface area contributed by atoms with Crippen LogP contribution in [0.25, 0.3) is 0 Å². The van der Waals surface area contributed by atoms with Gasteiger partial charge in [-0.25, -0.2) is 0 Å². The highest BCUT2D eigenvalue weighted by molar-refractivity contribution is 6.33. The Morgan fingerprint density at radius 1 is 1.42 bits per heavy atom. The minimum Gasteiger partial charge on any atom is -0.481 e. The predicted octanol–water partition coefficient (Wildman–Crippen LogP) is 1.81. The van der Waals surface area contributed by atoms with Gasteiger partial charge in [-0.15, -0.1) is 0 Å². The fourth-order valence-corrected chi connectivity index (χ4v) is 3.46. The van der Waals surface area contributed by atoms with Crippen LogP contribution in [0, 0.1) is 5.92 Å². The fraction of sp³-hybridized carbons (Fsp3) is 0.462. The molecule has 0 spiro atoms. The van der Waals surface area contributed by atoms with Crippen LogP contribution in [-0.2, 0) is 4.79 Å². The first-order chi connectivity index (χ1) is 9.09. The number of halogens is 1. The molecule has 100 valence electrons. The molecule has 0 radical (unpaired) electrons. The lowest BCUT2D eigenvalue weighted by atomic mass is 9.89. The van der Waals surface area contributed by atoms with Crippen LogP contribution in [0.4, 0.5) is 0 Å². The molecule has 2 aliphatic rings. The first kappa shape index (κ1) is 12.4. The van der Waals surface area contributed by atoms with Gasteiger partial charge in [0.25, 0.3) is 5.91 Å². The Morgan fingerprint density at radius 3 is 2.84 bits per heavy atom. The van der Waals surface area contributed by atoms with Crippen LogP contribution in [0.2, 0.25) is 5.02 Å². The summed E-state index contributed by atoms with van der Waals surface area (Å²) in [6.07, 6.45) is 5.14. The maximum absolute atomic E-state index is 12.5. The summed E-state index contributed by atoms with van der Waals surface area (Å²) < 4.78 is 0. The second-order valence-electron chi connectivity index (χ2n) is 5.05. The van der Waals surface area contributed by atoms with Gasteiger partial charge in [-0.2, -0.15) is 0 Å². The van der Waals surface area contributed by atoms with Gasteiger partial charge in [-0.1, -0.05) is 11.6 Å². The summed E-state index contributed by atoms with van der Waals surface area (Å²) >= 11 is 5.99. The van der Waals surface area contributed by atoms with Crippen molar-refractivity contribution < 1.29 is 14.7 Å². The first-order valence-electron chi connectivity index (χ1n) is 6.24. The van der Waals surface area contributed by atoms with Gasteiger partial charge in [-0.3, -0.25) is 14.6 Å². The Hall–Kier alpha value is -1.62. The Balaban J connectivity index is 1.90. The van der Waals surface area contributed by atoms with E-state index in [0.717, 1.165) is 12.8 Å². The third-order valence-electron chi connectivity index (χ3n) is 4.09. The van der Waals surface area contributed by atoms with E-state index in [4.69, 9.17) is 11.6 Å². The molecule has 0 saturated carbocycles. The van der Waals surface area contributed by atoms with Crippen LogP contribution < -0.4 is 0 Å². The molecule has 1 aromatic heterocycles. The van der Waals surface area contributed by atoms with E-state index in [2.05, 4.69) is 4.98 Å². The zero-order valence-electron chi connectivity index (χ0n) is 10.1. The fourth-order valence-electron chi connectivity index (χ4n) is 3.26. The monoisotopic (exact) mass is 280 g/mol. The van der Waals surface area contributed by atoms with Gasteiger partial charge >= 0.3 is 5.97 Å². The van der Waals surface area contributed by atoms with Crippen molar-refractivity contribution in [2.45, 2.75) is 31.3 Å². The van der Waals surface area contributed by atoms with Gasteiger partial charge < -0.3 is 10.0 Å². The van der Waals surface area contributed by atoms with E-state index in [0.29, 0.717) is 17.0 Å². The van der Waals surface area contributed by atoms with Crippen molar-refractivity contribution in [1.82, 2.24) is 9.88 Å². The number of amides is 1. The van der Waals surface area contributed by atoms with Crippen molar-refractivity contribution in [2.75, 3.05) is 0 Å². The average molecular weight is 281 g/mol. The van der Waals surface area contributed by atoms with Gasteiger partial charge in [0.1, 0.15) is 0 Å². The maximum atomic E-state index is 12.5. The van der Waals surface area contributed by atoms with Crippen molar-refractivity contribution in [1.29, 1.82) is 0 Å². The minimum atomic E-state index is -0.814. The van der Waals surface area contributed by atoms with Crippen molar-refractivity contribution in [3.05, 3.63) is 29.0 Å².